The monoisotopic (exact) mass is 763 g/mol. The molecule has 2 saturated heterocycles. The normalized spacial score (nSPS) is 42.4. The lowest BCUT2D eigenvalue weighted by atomic mass is 9.79. The molecule has 15 atom stereocenters. The van der Waals surface area contributed by atoms with Gasteiger partial charge in [-0.3, -0.25) is 9.59 Å². The first kappa shape index (κ1) is 44.1. The highest BCUT2D eigenvalue weighted by Gasteiger charge is 2.59. The third kappa shape index (κ3) is 11.0. The molecule has 0 aromatic rings. The zero-order valence-electron chi connectivity index (χ0n) is 33.6. The highest BCUT2D eigenvalue weighted by molar-refractivity contribution is 5.89. The molecule has 4 heterocycles. The summed E-state index contributed by atoms with van der Waals surface area (Å²) in [4.78, 5) is 37.8. The molecule has 0 aliphatic carbocycles. The van der Waals surface area contributed by atoms with Gasteiger partial charge < -0.3 is 49.5 Å². The van der Waals surface area contributed by atoms with Gasteiger partial charge in [-0.15, -0.1) is 0 Å². The number of Topliss-reactive ketones (excluding diaryl/α,β-unsaturated/α-hetero) is 1. The number of hydrogen-bond acceptors (Lipinski definition) is 12. The van der Waals surface area contributed by atoms with Crippen molar-refractivity contribution in [2.24, 2.45) is 29.4 Å². The van der Waals surface area contributed by atoms with Gasteiger partial charge in [-0.05, 0) is 76.4 Å². The predicted molar refractivity (Wildman–Crippen MR) is 200 cm³/mol. The zero-order valence-corrected chi connectivity index (χ0v) is 33.6. The third-order valence-corrected chi connectivity index (χ3v) is 11.8. The van der Waals surface area contributed by atoms with Crippen molar-refractivity contribution in [3.8, 4) is 0 Å². The van der Waals surface area contributed by atoms with Crippen LogP contribution in [-0.2, 0) is 38.0 Å². The first-order valence-corrected chi connectivity index (χ1v) is 19.7. The summed E-state index contributed by atoms with van der Waals surface area (Å²) in [6, 6.07) is 0. The van der Waals surface area contributed by atoms with Crippen molar-refractivity contribution < 1.29 is 58.1 Å². The number of amides is 1. The molecule has 1 amide bonds. The molecule has 0 aromatic carbocycles. The number of esters is 1. The highest BCUT2D eigenvalue weighted by Crippen LogP contribution is 2.45. The molecule has 0 unspecified atom stereocenters. The fraction of sp³-hybridized carbons (Fsp3) is 0.780. The molecule has 13 nitrogen and oxygen atoms in total. The van der Waals surface area contributed by atoms with Crippen molar-refractivity contribution in [1.29, 1.82) is 0 Å². The molecule has 0 spiro atoms. The number of ether oxygens (including phenoxy) is 6. The van der Waals surface area contributed by atoms with E-state index in [4.69, 9.17) is 34.2 Å². The fourth-order valence-corrected chi connectivity index (χ4v) is 8.43. The van der Waals surface area contributed by atoms with Gasteiger partial charge >= 0.3 is 12.1 Å². The summed E-state index contributed by atoms with van der Waals surface area (Å²) in [6.07, 6.45) is 3.12. The quantitative estimate of drug-likeness (QED) is 0.137. The Morgan fingerprint density at radius 3 is 2.39 bits per heavy atom. The number of carbonyl (C=O) groups is 3. The van der Waals surface area contributed by atoms with E-state index in [1.807, 2.05) is 73.6 Å². The topological polar surface area (TPSA) is 197 Å². The van der Waals surface area contributed by atoms with Crippen LogP contribution >= 0.6 is 0 Å². The molecule has 13 heteroatoms. The van der Waals surface area contributed by atoms with E-state index in [0.29, 0.717) is 32.1 Å². The zero-order chi connectivity index (χ0) is 40.1. The van der Waals surface area contributed by atoms with E-state index in [1.54, 1.807) is 6.92 Å². The Balaban J connectivity index is 1.60. The lowest BCUT2D eigenvalue weighted by molar-refractivity contribution is -0.254. The van der Waals surface area contributed by atoms with E-state index >= 15 is 0 Å². The summed E-state index contributed by atoms with van der Waals surface area (Å²) in [6.45, 7) is 16.9. The molecule has 2 fully saturated rings. The Labute approximate surface area is 320 Å². The second-order valence-electron chi connectivity index (χ2n) is 16.5. The summed E-state index contributed by atoms with van der Waals surface area (Å²) < 4.78 is 35.8. The average Bonchev–Trinajstić information content (AvgIpc) is 3.81. The lowest BCUT2D eigenvalue weighted by Gasteiger charge is -2.38. The van der Waals surface area contributed by atoms with Crippen LogP contribution in [0.3, 0.4) is 0 Å². The number of cyclic esters (lactones) is 1. The largest absolute Gasteiger partial charge is 0.462 e. The van der Waals surface area contributed by atoms with Crippen molar-refractivity contribution in [2.45, 2.75) is 180 Å². The van der Waals surface area contributed by atoms with E-state index in [1.165, 1.54) is 0 Å². The van der Waals surface area contributed by atoms with Gasteiger partial charge in [0.05, 0.1) is 30.8 Å². The maximum Gasteiger partial charge on any atom is 0.404 e. The molecule has 0 radical (unpaired) electrons. The molecule has 0 aromatic heterocycles. The number of epoxide rings is 1. The van der Waals surface area contributed by atoms with Gasteiger partial charge in [0.1, 0.15) is 24.4 Å². The van der Waals surface area contributed by atoms with E-state index < -0.39 is 84.3 Å². The number of carbonyl (C=O) groups excluding carboxylic acids is 3. The molecule has 306 valence electrons. The molecule has 54 heavy (non-hydrogen) atoms. The van der Waals surface area contributed by atoms with Crippen LogP contribution in [0, 0.1) is 23.7 Å². The van der Waals surface area contributed by atoms with Gasteiger partial charge in [0.25, 0.3) is 0 Å². The van der Waals surface area contributed by atoms with Crippen LogP contribution < -0.4 is 5.73 Å². The van der Waals surface area contributed by atoms with E-state index in [-0.39, 0.29) is 43.0 Å². The summed E-state index contributed by atoms with van der Waals surface area (Å²) in [5.41, 5.74) is 6.26. The molecule has 4 aliphatic rings. The maximum atomic E-state index is 13.7. The smallest absolute Gasteiger partial charge is 0.404 e. The second-order valence-corrected chi connectivity index (χ2v) is 16.5. The fourth-order valence-electron chi connectivity index (χ4n) is 8.43. The number of hydrogen-bond donors (Lipinski definition) is 4. The van der Waals surface area contributed by atoms with Crippen LogP contribution in [0.2, 0.25) is 0 Å². The van der Waals surface area contributed by atoms with E-state index in [9.17, 15) is 29.7 Å². The standard InChI is InChI=1S/C41H65NO12/c1-10-31(43)40(9)38(54-40)26(6)19-25(5)37-27(7)34(45)22(2)15-16-29(50-33-20-30(51-39(42)47)35(46)28(8)49-33)14-12-11-13-23(3)36-24(4)17-18-41(48,53-36)21-32(44)52-37/h13,15-17,22,25-30,33-38,45-46,48H,10-12,14,18-21H2,1-9H3,(H2,42,47)/b16-15-,23-13-/t22-,25-,26-,27+,28+,29-,30+,33+,34+,35-,36-,37-,38+,40+,41+/m1/s1. The Kier molecular flexibility index (Phi) is 15.1. The molecular formula is C41H65NO12. The van der Waals surface area contributed by atoms with Gasteiger partial charge in [0.15, 0.2) is 23.5 Å². The Bertz CT molecular complexity index is 1410. The van der Waals surface area contributed by atoms with Crippen LogP contribution in [0.15, 0.2) is 35.5 Å². The van der Waals surface area contributed by atoms with Gasteiger partial charge in [-0.1, -0.05) is 58.9 Å². The lowest BCUT2D eigenvalue weighted by Crippen LogP contribution is -2.50. The summed E-state index contributed by atoms with van der Waals surface area (Å²) in [5, 5.41) is 33.9. The molecule has 5 N–H and O–H groups in total. The van der Waals surface area contributed by atoms with E-state index in [2.05, 4.69) is 6.08 Å². The predicted octanol–water partition coefficient (Wildman–Crippen LogP) is 5.18. The van der Waals surface area contributed by atoms with Gasteiger partial charge in [0.2, 0.25) is 0 Å². The molecule has 4 aliphatic heterocycles. The number of aliphatic hydroxyl groups is 3. The number of fused-ring (bicyclic) bond motifs is 2. The highest BCUT2D eigenvalue weighted by atomic mass is 16.7. The Hall–Kier alpha value is -2.65. The number of nitrogens with two attached hydrogens (primary N) is 1. The third-order valence-electron chi connectivity index (χ3n) is 11.8. The first-order chi connectivity index (χ1) is 25.3. The van der Waals surface area contributed by atoms with Crippen LogP contribution in [0.4, 0.5) is 4.79 Å². The Morgan fingerprint density at radius 2 is 1.72 bits per heavy atom. The molecule has 2 bridgehead atoms. The SMILES string of the molecule is CCC(=O)[C@]1(C)O[C@H]1[C@H](C)C[C@@H](C)[C@H]1OC(=O)C[C@]2(O)CC=C(C)[C@H](O2)/C(C)=C\CCC[C@@H](O[C@H]2C[C@H](OC(N)=O)[C@H](O)[C@H](C)O2)/C=C\[C@@H](C)[C@H](O)[C@@H]1C. The Morgan fingerprint density at radius 1 is 1.04 bits per heavy atom. The minimum atomic E-state index is -1.77. The average molecular weight is 764 g/mol. The number of aliphatic hydroxyl groups excluding tert-OH is 2. The van der Waals surface area contributed by atoms with Crippen LogP contribution in [-0.4, -0.2) is 99.7 Å². The molecule has 0 saturated carbocycles. The number of ketones is 1. The van der Waals surface area contributed by atoms with E-state index in [0.717, 1.165) is 11.1 Å². The second kappa shape index (κ2) is 18.5. The number of allylic oxidation sites excluding steroid dienone is 1. The van der Waals surface area contributed by atoms with Crippen molar-refractivity contribution >= 4 is 17.8 Å². The van der Waals surface area contributed by atoms with Crippen molar-refractivity contribution in [1.82, 2.24) is 0 Å². The summed E-state index contributed by atoms with van der Waals surface area (Å²) in [5.74, 6) is -3.55. The van der Waals surface area contributed by atoms with Crippen molar-refractivity contribution in [3.63, 3.8) is 0 Å². The van der Waals surface area contributed by atoms with Crippen molar-refractivity contribution in [2.75, 3.05) is 0 Å². The number of rotatable bonds is 9. The first-order valence-electron chi connectivity index (χ1n) is 19.7. The van der Waals surface area contributed by atoms with Gasteiger partial charge in [-0.25, -0.2) is 4.79 Å². The van der Waals surface area contributed by atoms with Gasteiger partial charge in [-0.2, -0.15) is 0 Å². The van der Waals surface area contributed by atoms with Crippen molar-refractivity contribution in [3.05, 3.63) is 35.5 Å². The summed E-state index contributed by atoms with van der Waals surface area (Å²) >= 11 is 0. The molecular weight excluding hydrogens is 698 g/mol. The summed E-state index contributed by atoms with van der Waals surface area (Å²) in [7, 11) is 0. The van der Waals surface area contributed by atoms with Crippen LogP contribution in [0.5, 0.6) is 0 Å². The van der Waals surface area contributed by atoms with Crippen LogP contribution in [0.1, 0.15) is 114 Å². The molecule has 4 rings (SSSR count). The maximum absolute atomic E-state index is 13.7. The van der Waals surface area contributed by atoms with Crippen LogP contribution in [0.25, 0.3) is 0 Å². The van der Waals surface area contributed by atoms with Gasteiger partial charge in [0, 0.05) is 31.1 Å². The minimum absolute atomic E-state index is 0.0277. The minimum Gasteiger partial charge on any atom is -0.462 e. The number of primary amides is 1.